The van der Waals surface area contributed by atoms with Crippen LogP contribution in [0.15, 0.2) is 35.3 Å². The summed E-state index contributed by atoms with van der Waals surface area (Å²) in [7, 11) is 0. The number of benzene rings is 1. The number of hydrogen-bond donors (Lipinski definition) is 0. The summed E-state index contributed by atoms with van der Waals surface area (Å²) < 4.78 is 0. The minimum atomic E-state index is -0.119. The molecule has 1 aromatic carbocycles. The van der Waals surface area contributed by atoms with Crippen LogP contribution in [0.5, 0.6) is 0 Å². The van der Waals surface area contributed by atoms with Crippen LogP contribution < -0.4 is 0 Å². The molecule has 1 aromatic rings. The molecule has 0 N–H and O–H groups in total. The number of aliphatic imine (C=N–C) groups is 1. The maximum absolute atomic E-state index is 11.8. The number of rotatable bonds is 8. The SMILES string of the molecule is CCCCN=C(C)CC(=O)CC(=O)c1ccccc1. The average Bonchev–Trinajstić information content (AvgIpc) is 2.39. The van der Waals surface area contributed by atoms with Gasteiger partial charge in [0, 0.05) is 24.2 Å². The van der Waals surface area contributed by atoms with Crippen molar-refractivity contribution in [2.75, 3.05) is 6.54 Å². The Morgan fingerprint density at radius 1 is 1.11 bits per heavy atom. The molecule has 0 radical (unpaired) electrons. The van der Waals surface area contributed by atoms with E-state index in [1.54, 1.807) is 24.3 Å². The molecule has 0 aliphatic heterocycles. The first-order chi connectivity index (χ1) is 9.13. The second-order valence-electron chi connectivity index (χ2n) is 4.65. The third-order valence-electron chi connectivity index (χ3n) is 2.80. The number of hydrogen-bond acceptors (Lipinski definition) is 3. The molecule has 0 saturated heterocycles. The molecule has 102 valence electrons. The normalized spacial score (nSPS) is 11.4. The van der Waals surface area contributed by atoms with E-state index in [1.807, 2.05) is 13.0 Å². The second-order valence-corrected chi connectivity index (χ2v) is 4.65. The van der Waals surface area contributed by atoms with Gasteiger partial charge in [0.1, 0.15) is 5.78 Å². The molecule has 0 bridgehead atoms. The van der Waals surface area contributed by atoms with E-state index < -0.39 is 0 Å². The van der Waals surface area contributed by atoms with Gasteiger partial charge in [-0.15, -0.1) is 0 Å². The smallest absolute Gasteiger partial charge is 0.170 e. The van der Waals surface area contributed by atoms with Crippen molar-refractivity contribution in [3.63, 3.8) is 0 Å². The summed E-state index contributed by atoms with van der Waals surface area (Å²) in [5.41, 5.74) is 1.41. The van der Waals surface area contributed by atoms with Gasteiger partial charge in [-0.2, -0.15) is 0 Å². The molecular formula is C16H21NO2. The van der Waals surface area contributed by atoms with Crippen LogP contribution in [0, 0.1) is 0 Å². The maximum atomic E-state index is 11.8. The van der Waals surface area contributed by atoms with E-state index in [4.69, 9.17) is 0 Å². The van der Waals surface area contributed by atoms with Crippen molar-refractivity contribution < 1.29 is 9.59 Å². The summed E-state index contributed by atoms with van der Waals surface area (Å²) in [5, 5.41) is 0. The predicted molar refractivity (Wildman–Crippen MR) is 77.9 cm³/mol. The molecule has 3 heteroatoms. The van der Waals surface area contributed by atoms with Crippen molar-refractivity contribution in [3.05, 3.63) is 35.9 Å². The molecule has 0 atom stereocenters. The first-order valence-corrected chi connectivity index (χ1v) is 6.73. The van der Waals surface area contributed by atoms with E-state index in [0.717, 1.165) is 25.1 Å². The molecule has 0 fully saturated rings. The Bertz CT molecular complexity index is 449. The third kappa shape index (κ3) is 6.09. The van der Waals surface area contributed by atoms with Crippen molar-refractivity contribution >= 4 is 17.3 Å². The lowest BCUT2D eigenvalue weighted by molar-refractivity contribution is -0.117. The zero-order chi connectivity index (χ0) is 14.1. The van der Waals surface area contributed by atoms with Crippen LogP contribution in [-0.4, -0.2) is 23.8 Å². The fourth-order valence-electron chi connectivity index (χ4n) is 1.74. The molecule has 0 amide bonds. The molecule has 0 aromatic heterocycles. The van der Waals surface area contributed by atoms with Gasteiger partial charge < -0.3 is 0 Å². The van der Waals surface area contributed by atoms with Crippen molar-refractivity contribution in [2.45, 2.75) is 39.5 Å². The second kappa shape index (κ2) is 8.35. The molecule has 1 rings (SSSR count). The highest BCUT2D eigenvalue weighted by Crippen LogP contribution is 2.05. The summed E-state index contributed by atoms with van der Waals surface area (Å²) in [6.07, 6.45) is 2.37. The standard InChI is InChI=1S/C16H21NO2/c1-3-4-10-17-13(2)11-15(18)12-16(19)14-8-6-5-7-9-14/h5-9H,3-4,10-12H2,1-2H3. The Hall–Kier alpha value is -1.77. The average molecular weight is 259 g/mol. The Morgan fingerprint density at radius 3 is 2.42 bits per heavy atom. The molecule has 0 aliphatic rings. The highest BCUT2D eigenvalue weighted by Gasteiger charge is 2.12. The number of Topliss-reactive ketones (excluding diaryl/α,β-unsaturated/α-hetero) is 2. The van der Waals surface area contributed by atoms with E-state index >= 15 is 0 Å². The first-order valence-electron chi connectivity index (χ1n) is 6.73. The quantitative estimate of drug-likeness (QED) is 0.310. The van der Waals surface area contributed by atoms with Gasteiger partial charge in [-0.3, -0.25) is 14.6 Å². The van der Waals surface area contributed by atoms with Crippen molar-refractivity contribution in [2.24, 2.45) is 4.99 Å². The number of unbranched alkanes of at least 4 members (excludes halogenated alkanes) is 1. The fraction of sp³-hybridized carbons (Fsp3) is 0.438. The van der Waals surface area contributed by atoms with Crippen LogP contribution in [0.4, 0.5) is 0 Å². The molecule has 0 aliphatic carbocycles. The molecule has 19 heavy (non-hydrogen) atoms. The van der Waals surface area contributed by atoms with E-state index in [2.05, 4.69) is 11.9 Å². The van der Waals surface area contributed by atoms with Crippen LogP contribution in [0.1, 0.15) is 49.9 Å². The van der Waals surface area contributed by atoms with Gasteiger partial charge in [-0.25, -0.2) is 0 Å². The summed E-state index contributed by atoms with van der Waals surface area (Å²) in [6.45, 7) is 4.72. The minimum absolute atomic E-state index is 0.0371. The maximum Gasteiger partial charge on any atom is 0.170 e. The predicted octanol–water partition coefficient (Wildman–Crippen LogP) is 3.48. The van der Waals surface area contributed by atoms with Crippen LogP contribution in [0.2, 0.25) is 0 Å². The zero-order valence-electron chi connectivity index (χ0n) is 11.7. The molecule has 0 saturated carbocycles. The lowest BCUT2D eigenvalue weighted by atomic mass is 10.0. The van der Waals surface area contributed by atoms with Gasteiger partial charge in [-0.05, 0) is 13.3 Å². The van der Waals surface area contributed by atoms with E-state index in [-0.39, 0.29) is 24.4 Å². The minimum Gasteiger partial charge on any atom is -0.299 e. The van der Waals surface area contributed by atoms with Crippen LogP contribution in [-0.2, 0) is 4.79 Å². The molecule has 0 spiro atoms. The van der Waals surface area contributed by atoms with E-state index in [0.29, 0.717) is 5.56 Å². The summed E-state index contributed by atoms with van der Waals surface area (Å²) in [5.74, 6) is -0.182. The number of carbonyl (C=O) groups excluding carboxylic acids is 2. The van der Waals surface area contributed by atoms with Crippen LogP contribution in [0.25, 0.3) is 0 Å². The van der Waals surface area contributed by atoms with Gasteiger partial charge in [0.15, 0.2) is 5.78 Å². The Labute approximate surface area is 114 Å². The highest BCUT2D eigenvalue weighted by molar-refractivity contribution is 6.12. The van der Waals surface area contributed by atoms with E-state index in [9.17, 15) is 9.59 Å². The highest BCUT2D eigenvalue weighted by atomic mass is 16.1. The number of nitrogens with zero attached hydrogens (tertiary/aromatic N) is 1. The van der Waals surface area contributed by atoms with Crippen LogP contribution >= 0.6 is 0 Å². The lowest BCUT2D eigenvalue weighted by Gasteiger charge is -2.01. The molecular weight excluding hydrogens is 238 g/mol. The third-order valence-corrected chi connectivity index (χ3v) is 2.80. The zero-order valence-corrected chi connectivity index (χ0v) is 11.7. The molecule has 3 nitrogen and oxygen atoms in total. The summed E-state index contributed by atoms with van der Waals surface area (Å²) in [4.78, 5) is 27.9. The van der Waals surface area contributed by atoms with E-state index in [1.165, 1.54) is 0 Å². The topological polar surface area (TPSA) is 46.5 Å². The monoisotopic (exact) mass is 259 g/mol. The van der Waals surface area contributed by atoms with Gasteiger partial charge >= 0.3 is 0 Å². The van der Waals surface area contributed by atoms with Gasteiger partial charge in [0.25, 0.3) is 0 Å². The van der Waals surface area contributed by atoms with Gasteiger partial charge in [-0.1, -0.05) is 43.7 Å². The van der Waals surface area contributed by atoms with Crippen LogP contribution in [0.3, 0.4) is 0 Å². The number of ketones is 2. The van der Waals surface area contributed by atoms with Crippen molar-refractivity contribution in [1.82, 2.24) is 0 Å². The van der Waals surface area contributed by atoms with Crippen molar-refractivity contribution in [1.29, 1.82) is 0 Å². The molecule has 0 heterocycles. The largest absolute Gasteiger partial charge is 0.299 e. The van der Waals surface area contributed by atoms with Crippen molar-refractivity contribution in [3.8, 4) is 0 Å². The van der Waals surface area contributed by atoms with Gasteiger partial charge in [0.05, 0.1) is 6.42 Å². The fourth-order valence-corrected chi connectivity index (χ4v) is 1.74. The van der Waals surface area contributed by atoms with Gasteiger partial charge in [0.2, 0.25) is 0 Å². The molecule has 0 unspecified atom stereocenters. The summed E-state index contributed by atoms with van der Waals surface area (Å²) >= 11 is 0. The summed E-state index contributed by atoms with van der Waals surface area (Å²) in [6, 6.07) is 8.92. The lowest BCUT2D eigenvalue weighted by Crippen LogP contribution is -2.11. The first kappa shape index (κ1) is 15.3. The number of carbonyl (C=O) groups is 2. The Morgan fingerprint density at radius 2 is 1.79 bits per heavy atom. The Balaban J connectivity index is 2.43. The Kier molecular flexibility index (Phi) is 6.72.